The second-order valence-corrected chi connectivity index (χ2v) is 6.46. The van der Waals surface area contributed by atoms with E-state index >= 15 is 0 Å². The van der Waals surface area contributed by atoms with Gasteiger partial charge in [-0.1, -0.05) is 0 Å². The molecule has 0 aromatic carbocycles. The predicted octanol–water partition coefficient (Wildman–Crippen LogP) is 0.686. The van der Waals surface area contributed by atoms with Crippen molar-refractivity contribution in [2.45, 2.75) is 32.2 Å². The van der Waals surface area contributed by atoms with Crippen molar-refractivity contribution >= 4 is 21.6 Å². The second-order valence-electron chi connectivity index (χ2n) is 4.16. The van der Waals surface area contributed by atoms with Gasteiger partial charge in [0.25, 0.3) is 0 Å². The molecule has 1 unspecified atom stereocenters. The first-order chi connectivity index (χ1) is 7.35. The van der Waals surface area contributed by atoms with Crippen molar-refractivity contribution in [1.29, 1.82) is 0 Å². The number of sulfonamides is 1. The summed E-state index contributed by atoms with van der Waals surface area (Å²) in [5.74, 6) is -0.225. The third-order valence-corrected chi connectivity index (χ3v) is 3.84. The molecule has 1 aliphatic heterocycles. The van der Waals surface area contributed by atoms with Gasteiger partial charge >= 0.3 is 0 Å². The van der Waals surface area contributed by atoms with Crippen LogP contribution >= 0.6 is 11.6 Å². The average molecular weight is 272 g/mol. The van der Waals surface area contributed by atoms with Gasteiger partial charge in [0.2, 0.25) is 10.0 Å². The summed E-state index contributed by atoms with van der Waals surface area (Å²) < 4.78 is 36.2. The van der Waals surface area contributed by atoms with E-state index in [4.69, 9.17) is 21.1 Å². The summed E-state index contributed by atoms with van der Waals surface area (Å²) in [6, 6.07) is 0. The Balaban J connectivity index is 2.30. The van der Waals surface area contributed by atoms with Gasteiger partial charge in [-0.3, -0.25) is 0 Å². The van der Waals surface area contributed by atoms with Crippen molar-refractivity contribution in [3.63, 3.8) is 0 Å². The average Bonchev–Trinajstić information content (AvgIpc) is 2.53. The van der Waals surface area contributed by atoms with Gasteiger partial charge in [0.15, 0.2) is 5.79 Å². The van der Waals surface area contributed by atoms with E-state index in [1.54, 1.807) is 13.8 Å². The van der Waals surface area contributed by atoms with Crippen LogP contribution in [0.25, 0.3) is 0 Å². The quantitative estimate of drug-likeness (QED) is 0.722. The zero-order valence-electron chi connectivity index (χ0n) is 9.53. The summed E-state index contributed by atoms with van der Waals surface area (Å²) in [6.45, 7) is 4.25. The Morgan fingerprint density at radius 1 is 1.50 bits per heavy atom. The molecular weight excluding hydrogens is 254 g/mol. The number of rotatable bonds is 6. The molecule has 0 aromatic heterocycles. The lowest BCUT2D eigenvalue weighted by atomic mass is 10.4. The molecule has 16 heavy (non-hydrogen) atoms. The maximum atomic E-state index is 11.4. The van der Waals surface area contributed by atoms with Crippen molar-refractivity contribution in [3.8, 4) is 0 Å². The molecule has 5 nitrogen and oxygen atoms in total. The van der Waals surface area contributed by atoms with E-state index in [0.29, 0.717) is 18.9 Å². The molecule has 1 saturated heterocycles. The first-order valence-corrected chi connectivity index (χ1v) is 7.38. The van der Waals surface area contributed by atoms with Crippen LogP contribution in [0.3, 0.4) is 0 Å². The highest BCUT2D eigenvalue weighted by atomic mass is 35.5. The van der Waals surface area contributed by atoms with Crippen LogP contribution in [0.2, 0.25) is 0 Å². The van der Waals surface area contributed by atoms with Gasteiger partial charge in [-0.05, 0) is 20.3 Å². The van der Waals surface area contributed by atoms with Crippen LogP contribution in [0.5, 0.6) is 0 Å². The van der Waals surface area contributed by atoms with Gasteiger partial charge in [0.05, 0.1) is 18.5 Å². The fraction of sp³-hybridized carbons (Fsp3) is 1.00. The number of alkyl halides is 1. The smallest absolute Gasteiger partial charge is 0.211 e. The fourth-order valence-corrected chi connectivity index (χ4v) is 2.80. The molecule has 1 N–H and O–H groups in total. The minimum absolute atomic E-state index is 0.0491. The van der Waals surface area contributed by atoms with Gasteiger partial charge in [0, 0.05) is 12.4 Å². The van der Waals surface area contributed by atoms with E-state index in [1.807, 2.05) is 0 Å². The lowest BCUT2D eigenvalue weighted by molar-refractivity contribution is -0.137. The molecule has 1 atom stereocenters. The Morgan fingerprint density at radius 3 is 2.69 bits per heavy atom. The van der Waals surface area contributed by atoms with Crippen molar-refractivity contribution < 1.29 is 17.9 Å². The maximum Gasteiger partial charge on any atom is 0.211 e. The molecule has 1 fully saturated rings. The predicted molar refractivity (Wildman–Crippen MR) is 62.0 cm³/mol. The molecule has 0 amide bonds. The topological polar surface area (TPSA) is 64.6 Å². The van der Waals surface area contributed by atoms with Gasteiger partial charge in [-0.25, -0.2) is 13.1 Å². The van der Waals surface area contributed by atoms with Crippen LogP contribution in [-0.4, -0.2) is 45.1 Å². The Labute approximate surface area is 101 Å². The van der Waals surface area contributed by atoms with Gasteiger partial charge in [-0.15, -0.1) is 11.6 Å². The Bertz CT molecular complexity index is 317. The van der Waals surface area contributed by atoms with E-state index in [1.165, 1.54) is 0 Å². The summed E-state index contributed by atoms with van der Waals surface area (Å²) in [4.78, 5) is 0. The van der Waals surface area contributed by atoms with E-state index < -0.39 is 15.8 Å². The van der Waals surface area contributed by atoms with E-state index in [2.05, 4.69) is 4.72 Å². The first-order valence-electron chi connectivity index (χ1n) is 5.20. The lowest BCUT2D eigenvalue weighted by Gasteiger charge is -2.17. The number of ether oxygens (including phenoxy) is 2. The Kier molecular flexibility index (Phi) is 5.00. The van der Waals surface area contributed by atoms with Crippen LogP contribution in [-0.2, 0) is 19.5 Å². The zero-order valence-corrected chi connectivity index (χ0v) is 11.1. The Hall–Kier alpha value is 0.120. The van der Waals surface area contributed by atoms with Crippen molar-refractivity contribution in [2.24, 2.45) is 0 Å². The molecule has 0 bridgehead atoms. The summed E-state index contributed by atoms with van der Waals surface area (Å²) >= 11 is 5.44. The molecule has 1 aliphatic rings. The molecule has 0 saturated carbocycles. The highest BCUT2D eigenvalue weighted by molar-refractivity contribution is 7.89. The number of hydrogen-bond donors (Lipinski definition) is 1. The van der Waals surface area contributed by atoms with Crippen LogP contribution in [0, 0.1) is 0 Å². The molecule has 0 aliphatic carbocycles. The van der Waals surface area contributed by atoms with Crippen molar-refractivity contribution in [2.75, 3.05) is 24.8 Å². The largest absolute Gasteiger partial charge is 0.348 e. The summed E-state index contributed by atoms with van der Waals surface area (Å²) in [6.07, 6.45) is 0.227. The van der Waals surface area contributed by atoms with Crippen LogP contribution in [0.1, 0.15) is 20.3 Å². The lowest BCUT2D eigenvalue weighted by Crippen LogP contribution is -2.35. The number of nitrogens with one attached hydrogen (secondary N) is 1. The second kappa shape index (κ2) is 5.64. The number of halogens is 1. The summed E-state index contributed by atoms with van der Waals surface area (Å²) in [5.41, 5.74) is 0. The minimum atomic E-state index is -3.24. The van der Waals surface area contributed by atoms with Crippen LogP contribution in [0.4, 0.5) is 0 Å². The van der Waals surface area contributed by atoms with Crippen LogP contribution in [0.15, 0.2) is 0 Å². The first kappa shape index (κ1) is 14.2. The molecule has 1 rings (SSSR count). The fourth-order valence-electron chi connectivity index (χ4n) is 1.40. The third kappa shape index (κ3) is 4.97. The van der Waals surface area contributed by atoms with E-state index in [0.717, 1.165) is 0 Å². The Morgan fingerprint density at radius 2 is 2.19 bits per heavy atom. The van der Waals surface area contributed by atoms with Gasteiger partial charge < -0.3 is 9.47 Å². The molecule has 0 radical (unpaired) electrons. The number of hydrogen-bond acceptors (Lipinski definition) is 4. The van der Waals surface area contributed by atoms with E-state index in [9.17, 15) is 8.42 Å². The molecule has 0 spiro atoms. The normalized spacial score (nSPS) is 24.8. The van der Waals surface area contributed by atoms with Crippen molar-refractivity contribution in [3.05, 3.63) is 0 Å². The minimum Gasteiger partial charge on any atom is -0.348 e. The van der Waals surface area contributed by atoms with Crippen LogP contribution < -0.4 is 4.72 Å². The van der Waals surface area contributed by atoms with Crippen molar-refractivity contribution in [1.82, 2.24) is 4.72 Å². The monoisotopic (exact) mass is 271 g/mol. The van der Waals surface area contributed by atoms with Gasteiger partial charge in [0.1, 0.15) is 0 Å². The molecule has 7 heteroatoms. The van der Waals surface area contributed by atoms with Gasteiger partial charge in [-0.2, -0.15) is 0 Å². The highest BCUT2D eigenvalue weighted by Gasteiger charge is 2.32. The molecular formula is C9H18ClNO4S. The molecule has 1 heterocycles. The standard InChI is InChI=1S/C9H18ClNO4S/c1-9(2)14-7-8(15-9)6-11-16(12,13)5-3-4-10/h8,11H,3-7H2,1-2H3. The zero-order chi connectivity index (χ0) is 12.2. The molecule has 96 valence electrons. The summed E-state index contributed by atoms with van der Waals surface area (Å²) in [7, 11) is -3.24. The maximum absolute atomic E-state index is 11.4. The third-order valence-electron chi connectivity index (χ3n) is 2.14. The highest BCUT2D eigenvalue weighted by Crippen LogP contribution is 2.21. The molecule has 0 aromatic rings. The van der Waals surface area contributed by atoms with E-state index in [-0.39, 0.29) is 18.4 Å². The SMILES string of the molecule is CC1(C)OCC(CNS(=O)(=O)CCCCl)O1. The summed E-state index contributed by atoms with van der Waals surface area (Å²) in [5, 5.41) is 0.